The standard InChI is InChI=1S/C15H22N2O3S/c1-20-14-7-6-13(8-12(14)9-16)21(18,19)17-15(10-2-3-10)11-4-5-11/h6-8,10-11,15,17H,2-5,9,16H2,1H3. The predicted octanol–water partition coefficient (Wildman–Crippen LogP) is 1.62. The third kappa shape index (κ3) is 3.22. The van der Waals surface area contributed by atoms with Gasteiger partial charge >= 0.3 is 0 Å². The number of nitrogens with two attached hydrogens (primary N) is 1. The molecule has 1 aromatic carbocycles. The van der Waals surface area contributed by atoms with Crippen LogP contribution in [0.4, 0.5) is 0 Å². The lowest BCUT2D eigenvalue weighted by molar-refractivity contribution is 0.409. The average Bonchev–Trinajstić information content (AvgIpc) is 3.37. The lowest BCUT2D eigenvalue weighted by Crippen LogP contribution is -2.38. The van der Waals surface area contributed by atoms with Gasteiger partial charge < -0.3 is 10.5 Å². The Kier molecular flexibility index (Phi) is 3.94. The molecule has 5 nitrogen and oxygen atoms in total. The van der Waals surface area contributed by atoms with Crippen LogP contribution in [0, 0.1) is 11.8 Å². The SMILES string of the molecule is COc1ccc(S(=O)(=O)NC(C2CC2)C2CC2)cc1CN. The summed E-state index contributed by atoms with van der Waals surface area (Å²) in [5.74, 6) is 1.68. The van der Waals surface area contributed by atoms with E-state index in [1.807, 2.05) is 0 Å². The van der Waals surface area contributed by atoms with Gasteiger partial charge in [0.2, 0.25) is 10.0 Å². The summed E-state index contributed by atoms with van der Waals surface area (Å²) in [6.45, 7) is 0.251. The van der Waals surface area contributed by atoms with E-state index in [2.05, 4.69) is 4.72 Å². The smallest absolute Gasteiger partial charge is 0.240 e. The molecule has 0 atom stereocenters. The summed E-state index contributed by atoms with van der Waals surface area (Å²) in [4.78, 5) is 0.273. The lowest BCUT2D eigenvalue weighted by atomic mass is 10.1. The van der Waals surface area contributed by atoms with Crippen molar-refractivity contribution in [2.45, 2.75) is 43.2 Å². The monoisotopic (exact) mass is 310 g/mol. The summed E-state index contributed by atoms with van der Waals surface area (Å²) >= 11 is 0. The Labute approximate surface area is 125 Å². The number of nitrogens with one attached hydrogen (secondary N) is 1. The fourth-order valence-corrected chi connectivity index (χ4v) is 4.24. The molecular weight excluding hydrogens is 288 g/mol. The van der Waals surface area contributed by atoms with Crippen LogP contribution in [-0.4, -0.2) is 21.6 Å². The van der Waals surface area contributed by atoms with Gasteiger partial charge in [-0.3, -0.25) is 0 Å². The number of rotatable bonds is 7. The summed E-state index contributed by atoms with van der Waals surface area (Å²) in [5.41, 5.74) is 6.36. The highest BCUT2D eigenvalue weighted by Crippen LogP contribution is 2.45. The molecule has 0 heterocycles. The molecule has 3 N–H and O–H groups in total. The first-order chi connectivity index (χ1) is 10.0. The first-order valence-electron chi connectivity index (χ1n) is 7.44. The van der Waals surface area contributed by atoms with E-state index in [4.69, 9.17) is 10.5 Å². The van der Waals surface area contributed by atoms with Crippen LogP contribution in [0.2, 0.25) is 0 Å². The van der Waals surface area contributed by atoms with Gasteiger partial charge in [0, 0.05) is 18.2 Å². The van der Waals surface area contributed by atoms with E-state index in [-0.39, 0.29) is 17.5 Å². The highest BCUT2D eigenvalue weighted by molar-refractivity contribution is 7.89. The van der Waals surface area contributed by atoms with Crippen molar-refractivity contribution < 1.29 is 13.2 Å². The van der Waals surface area contributed by atoms with Crippen LogP contribution in [0.15, 0.2) is 23.1 Å². The molecule has 2 aliphatic carbocycles. The van der Waals surface area contributed by atoms with Gasteiger partial charge in [0.25, 0.3) is 0 Å². The Morgan fingerprint density at radius 1 is 1.29 bits per heavy atom. The highest BCUT2D eigenvalue weighted by Gasteiger charge is 2.43. The Balaban J connectivity index is 1.83. The molecule has 0 spiro atoms. The second-order valence-electron chi connectivity index (χ2n) is 6.00. The van der Waals surface area contributed by atoms with E-state index in [9.17, 15) is 8.42 Å². The van der Waals surface area contributed by atoms with Crippen molar-refractivity contribution in [1.29, 1.82) is 0 Å². The quantitative estimate of drug-likeness (QED) is 0.802. The van der Waals surface area contributed by atoms with Crippen molar-refractivity contribution in [1.82, 2.24) is 4.72 Å². The zero-order valence-electron chi connectivity index (χ0n) is 12.2. The Bertz CT molecular complexity index is 610. The van der Waals surface area contributed by atoms with Crippen LogP contribution in [0.3, 0.4) is 0 Å². The van der Waals surface area contributed by atoms with Crippen molar-refractivity contribution in [3.63, 3.8) is 0 Å². The minimum Gasteiger partial charge on any atom is -0.496 e. The maximum atomic E-state index is 12.6. The molecule has 0 unspecified atom stereocenters. The maximum Gasteiger partial charge on any atom is 0.240 e. The first-order valence-corrected chi connectivity index (χ1v) is 8.93. The van der Waals surface area contributed by atoms with Crippen LogP contribution < -0.4 is 15.2 Å². The molecule has 0 amide bonds. The number of hydrogen-bond donors (Lipinski definition) is 2. The number of sulfonamides is 1. The molecule has 21 heavy (non-hydrogen) atoms. The normalized spacial score (nSPS) is 19.0. The van der Waals surface area contributed by atoms with Gasteiger partial charge in [-0.25, -0.2) is 13.1 Å². The maximum absolute atomic E-state index is 12.6. The lowest BCUT2D eigenvalue weighted by Gasteiger charge is -2.18. The predicted molar refractivity (Wildman–Crippen MR) is 80.4 cm³/mol. The highest BCUT2D eigenvalue weighted by atomic mass is 32.2. The fraction of sp³-hybridized carbons (Fsp3) is 0.600. The summed E-state index contributed by atoms with van der Waals surface area (Å²) in [5, 5.41) is 0. The zero-order chi connectivity index (χ0) is 15.0. The van der Waals surface area contributed by atoms with E-state index in [0.717, 1.165) is 25.7 Å². The van der Waals surface area contributed by atoms with E-state index < -0.39 is 10.0 Å². The molecule has 0 aromatic heterocycles. The molecule has 1 aromatic rings. The molecule has 2 saturated carbocycles. The molecule has 6 heteroatoms. The van der Waals surface area contributed by atoms with Crippen molar-refractivity contribution >= 4 is 10.0 Å². The first kappa shape index (κ1) is 14.8. The topological polar surface area (TPSA) is 81.4 Å². The third-order valence-corrected chi connectivity index (χ3v) is 5.79. The minimum absolute atomic E-state index is 0.110. The summed E-state index contributed by atoms with van der Waals surface area (Å²) < 4.78 is 33.3. The Morgan fingerprint density at radius 3 is 2.38 bits per heavy atom. The van der Waals surface area contributed by atoms with Crippen LogP contribution in [-0.2, 0) is 16.6 Å². The minimum atomic E-state index is -3.49. The van der Waals surface area contributed by atoms with E-state index in [0.29, 0.717) is 23.1 Å². The fourth-order valence-electron chi connectivity index (χ4n) is 2.82. The second-order valence-corrected chi connectivity index (χ2v) is 7.71. The number of benzene rings is 1. The van der Waals surface area contributed by atoms with Crippen LogP contribution in [0.5, 0.6) is 5.75 Å². The van der Waals surface area contributed by atoms with Gasteiger partial charge in [0.15, 0.2) is 0 Å². The van der Waals surface area contributed by atoms with Gasteiger partial charge in [-0.1, -0.05) is 0 Å². The average molecular weight is 310 g/mol. The molecule has 116 valence electrons. The summed E-state index contributed by atoms with van der Waals surface area (Å²) in [7, 11) is -1.94. The van der Waals surface area contributed by atoms with Gasteiger partial charge in [0.1, 0.15) is 5.75 Å². The van der Waals surface area contributed by atoms with Crippen molar-refractivity contribution in [2.75, 3.05) is 7.11 Å². The number of hydrogen-bond acceptors (Lipinski definition) is 4. The van der Waals surface area contributed by atoms with Gasteiger partial charge in [-0.15, -0.1) is 0 Å². The largest absolute Gasteiger partial charge is 0.496 e. The van der Waals surface area contributed by atoms with Gasteiger partial charge in [0.05, 0.1) is 12.0 Å². The van der Waals surface area contributed by atoms with Crippen LogP contribution >= 0.6 is 0 Å². The second kappa shape index (κ2) is 5.59. The molecular formula is C15H22N2O3S. The molecule has 0 radical (unpaired) electrons. The van der Waals surface area contributed by atoms with E-state index >= 15 is 0 Å². The zero-order valence-corrected chi connectivity index (χ0v) is 13.0. The summed E-state index contributed by atoms with van der Waals surface area (Å²) in [6, 6.07) is 4.97. The molecule has 2 aliphatic rings. The molecule has 2 fully saturated rings. The molecule has 0 saturated heterocycles. The van der Waals surface area contributed by atoms with Crippen molar-refractivity contribution in [2.24, 2.45) is 17.6 Å². The molecule has 3 rings (SSSR count). The summed E-state index contributed by atoms with van der Waals surface area (Å²) in [6.07, 6.45) is 4.56. The van der Waals surface area contributed by atoms with Crippen LogP contribution in [0.25, 0.3) is 0 Å². The van der Waals surface area contributed by atoms with E-state index in [1.54, 1.807) is 25.3 Å². The van der Waals surface area contributed by atoms with E-state index in [1.165, 1.54) is 0 Å². The Morgan fingerprint density at radius 2 is 1.90 bits per heavy atom. The Hall–Kier alpha value is -1.11. The van der Waals surface area contributed by atoms with Crippen molar-refractivity contribution in [3.8, 4) is 5.75 Å². The molecule has 0 aliphatic heterocycles. The van der Waals surface area contributed by atoms with Crippen molar-refractivity contribution in [3.05, 3.63) is 23.8 Å². The van der Waals surface area contributed by atoms with Crippen LogP contribution in [0.1, 0.15) is 31.2 Å². The number of ether oxygens (including phenoxy) is 1. The molecule has 0 bridgehead atoms. The van der Waals surface area contributed by atoms with Gasteiger partial charge in [-0.2, -0.15) is 0 Å². The number of methoxy groups -OCH3 is 1. The van der Waals surface area contributed by atoms with Gasteiger partial charge in [-0.05, 0) is 55.7 Å². The third-order valence-electron chi connectivity index (χ3n) is 4.33.